The number of benzene rings is 6. The highest BCUT2D eigenvalue weighted by molar-refractivity contribution is 5.22. The van der Waals surface area contributed by atoms with Crippen molar-refractivity contribution in [3.8, 4) is 0 Å². The van der Waals surface area contributed by atoms with Crippen LogP contribution in [-0.2, 0) is 39.0 Å². The normalized spacial score (nSPS) is 13.8. The molecule has 0 unspecified atom stereocenters. The van der Waals surface area contributed by atoms with Crippen LogP contribution in [0, 0.1) is 0 Å². The highest BCUT2D eigenvalue weighted by Crippen LogP contribution is 2.26. The average molecular weight is 689 g/mol. The number of nitrogens with zero attached hydrogens (tertiary/aromatic N) is 2. The first-order valence-corrected chi connectivity index (χ1v) is 18.7. The van der Waals surface area contributed by atoms with Crippen LogP contribution in [-0.4, -0.2) is 44.3 Å². The molecule has 52 heavy (non-hydrogen) atoms. The summed E-state index contributed by atoms with van der Waals surface area (Å²) in [5.41, 5.74) is 7.23. The molecule has 0 saturated heterocycles. The van der Waals surface area contributed by atoms with Gasteiger partial charge >= 0.3 is 0 Å². The third kappa shape index (κ3) is 11.3. The SMILES string of the molecule is O[C@@H](CC[C@H](O)[C@H](Cc1ccccc1)N(Cc1ccccc1)Cc1ccccc1)[C@H](Cc1ccccc1)N(Cc1ccccc1)Cc1ccccc1. The first kappa shape index (κ1) is 36.9. The zero-order valence-electron chi connectivity index (χ0n) is 30.1. The molecule has 0 aliphatic rings. The lowest BCUT2D eigenvalue weighted by molar-refractivity contribution is 0.00119. The summed E-state index contributed by atoms with van der Waals surface area (Å²) >= 11 is 0. The van der Waals surface area contributed by atoms with E-state index in [9.17, 15) is 10.2 Å². The molecule has 0 fully saturated rings. The molecule has 6 aromatic carbocycles. The number of rotatable bonds is 19. The van der Waals surface area contributed by atoms with Crippen molar-refractivity contribution in [2.45, 2.75) is 76.2 Å². The standard InChI is InChI=1S/C48H52N2O2/c51-47(45(33-39-19-7-1-8-20-39)49(35-41-23-11-3-12-24-41)36-42-25-13-4-14-26-42)31-32-48(52)46(34-40-21-9-2-10-22-40)50(37-43-27-15-5-16-28-43)38-44-29-17-6-18-30-44/h1-30,45-48,51-52H,31-38H2/t45-,46-,47-,48-/m0/s1. The third-order valence-corrected chi connectivity index (χ3v) is 10.1. The number of hydrogen-bond acceptors (Lipinski definition) is 4. The van der Waals surface area contributed by atoms with Crippen molar-refractivity contribution < 1.29 is 10.2 Å². The van der Waals surface area contributed by atoms with Gasteiger partial charge < -0.3 is 10.2 Å². The van der Waals surface area contributed by atoms with Crippen LogP contribution in [0.25, 0.3) is 0 Å². The van der Waals surface area contributed by atoms with Crippen molar-refractivity contribution in [2.75, 3.05) is 0 Å². The second-order valence-corrected chi connectivity index (χ2v) is 14.0. The van der Waals surface area contributed by atoms with Gasteiger partial charge in [-0.3, -0.25) is 9.80 Å². The lowest BCUT2D eigenvalue weighted by Gasteiger charge is -2.38. The first-order chi connectivity index (χ1) is 25.6. The molecule has 266 valence electrons. The van der Waals surface area contributed by atoms with Crippen molar-refractivity contribution in [3.63, 3.8) is 0 Å². The third-order valence-electron chi connectivity index (χ3n) is 10.1. The van der Waals surface area contributed by atoms with Gasteiger partial charge in [0, 0.05) is 38.3 Å². The van der Waals surface area contributed by atoms with E-state index in [1.54, 1.807) is 0 Å². The molecule has 2 N–H and O–H groups in total. The predicted molar refractivity (Wildman–Crippen MR) is 213 cm³/mol. The van der Waals surface area contributed by atoms with E-state index in [-0.39, 0.29) is 12.1 Å². The Balaban J connectivity index is 1.27. The van der Waals surface area contributed by atoms with Gasteiger partial charge in [-0.1, -0.05) is 182 Å². The van der Waals surface area contributed by atoms with Crippen LogP contribution < -0.4 is 0 Å². The van der Waals surface area contributed by atoms with Gasteiger partial charge in [-0.05, 0) is 59.1 Å². The Labute approximate surface area is 310 Å². The van der Waals surface area contributed by atoms with E-state index in [1.807, 2.05) is 36.4 Å². The molecule has 6 rings (SSSR count). The molecule has 6 aromatic rings. The summed E-state index contributed by atoms with van der Waals surface area (Å²) in [6.07, 6.45) is 1.06. The molecule has 0 bridgehead atoms. The zero-order chi connectivity index (χ0) is 35.8. The Morgan fingerprint density at radius 2 is 0.519 bits per heavy atom. The monoisotopic (exact) mass is 688 g/mol. The molecular formula is C48H52N2O2. The summed E-state index contributed by atoms with van der Waals surface area (Å²) in [7, 11) is 0. The van der Waals surface area contributed by atoms with E-state index in [4.69, 9.17) is 0 Å². The fourth-order valence-electron chi connectivity index (χ4n) is 7.31. The summed E-state index contributed by atoms with van der Waals surface area (Å²) in [4.78, 5) is 4.85. The van der Waals surface area contributed by atoms with Crippen molar-refractivity contribution in [3.05, 3.63) is 215 Å². The van der Waals surface area contributed by atoms with Crippen LogP contribution in [0.3, 0.4) is 0 Å². The maximum atomic E-state index is 12.3. The van der Waals surface area contributed by atoms with Gasteiger partial charge in [0.05, 0.1) is 12.2 Å². The first-order valence-electron chi connectivity index (χ1n) is 18.7. The number of aliphatic hydroxyl groups excluding tert-OH is 2. The lowest BCUT2D eigenvalue weighted by atomic mass is 9.91. The van der Waals surface area contributed by atoms with Gasteiger partial charge in [0.1, 0.15) is 0 Å². The van der Waals surface area contributed by atoms with E-state index in [0.29, 0.717) is 51.9 Å². The van der Waals surface area contributed by atoms with Gasteiger partial charge in [-0.15, -0.1) is 0 Å². The number of aliphatic hydroxyl groups is 2. The molecule has 0 radical (unpaired) electrons. The molecular weight excluding hydrogens is 637 g/mol. The Hall–Kier alpha value is -4.84. The minimum absolute atomic E-state index is 0.160. The van der Waals surface area contributed by atoms with E-state index >= 15 is 0 Å². The second-order valence-electron chi connectivity index (χ2n) is 14.0. The molecule has 0 saturated carbocycles. The topological polar surface area (TPSA) is 46.9 Å². The molecule has 0 aliphatic heterocycles. The van der Waals surface area contributed by atoms with Gasteiger partial charge in [-0.25, -0.2) is 0 Å². The van der Waals surface area contributed by atoms with Crippen LogP contribution in [0.2, 0.25) is 0 Å². The van der Waals surface area contributed by atoms with Crippen LogP contribution in [0.15, 0.2) is 182 Å². The Morgan fingerprint density at radius 1 is 0.308 bits per heavy atom. The molecule has 0 aliphatic carbocycles. The van der Waals surface area contributed by atoms with Gasteiger partial charge in [0.25, 0.3) is 0 Å². The largest absolute Gasteiger partial charge is 0.391 e. The summed E-state index contributed by atoms with van der Waals surface area (Å²) < 4.78 is 0. The molecule has 4 atom stereocenters. The van der Waals surface area contributed by atoms with Crippen LogP contribution in [0.5, 0.6) is 0 Å². The van der Waals surface area contributed by atoms with E-state index in [2.05, 4.69) is 155 Å². The fourth-order valence-corrected chi connectivity index (χ4v) is 7.31. The Bertz CT molecular complexity index is 1600. The molecule has 4 nitrogen and oxygen atoms in total. The summed E-state index contributed by atoms with van der Waals surface area (Å²) in [6.45, 7) is 2.85. The van der Waals surface area contributed by atoms with Crippen molar-refractivity contribution >= 4 is 0 Å². The quantitative estimate of drug-likeness (QED) is 0.0892. The highest BCUT2D eigenvalue weighted by Gasteiger charge is 2.31. The van der Waals surface area contributed by atoms with Gasteiger partial charge in [0.15, 0.2) is 0 Å². The smallest absolute Gasteiger partial charge is 0.0699 e. The maximum absolute atomic E-state index is 12.3. The Morgan fingerprint density at radius 3 is 0.750 bits per heavy atom. The van der Waals surface area contributed by atoms with Crippen molar-refractivity contribution in [1.82, 2.24) is 9.80 Å². The lowest BCUT2D eigenvalue weighted by Crippen LogP contribution is -2.47. The minimum Gasteiger partial charge on any atom is -0.391 e. The van der Waals surface area contributed by atoms with Crippen molar-refractivity contribution in [2.24, 2.45) is 0 Å². The van der Waals surface area contributed by atoms with Crippen molar-refractivity contribution in [1.29, 1.82) is 0 Å². The molecule has 0 spiro atoms. The minimum atomic E-state index is -0.656. The average Bonchev–Trinajstić information content (AvgIpc) is 3.20. The van der Waals surface area contributed by atoms with Crippen LogP contribution in [0.4, 0.5) is 0 Å². The van der Waals surface area contributed by atoms with E-state index in [1.165, 1.54) is 33.4 Å². The maximum Gasteiger partial charge on any atom is 0.0699 e. The zero-order valence-corrected chi connectivity index (χ0v) is 30.1. The van der Waals surface area contributed by atoms with Gasteiger partial charge in [-0.2, -0.15) is 0 Å². The van der Waals surface area contributed by atoms with Gasteiger partial charge in [0.2, 0.25) is 0 Å². The summed E-state index contributed by atoms with van der Waals surface area (Å²) in [5.74, 6) is 0. The molecule has 0 aromatic heterocycles. The predicted octanol–water partition coefficient (Wildman–Crippen LogP) is 9.12. The highest BCUT2D eigenvalue weighted by atomic mass is 16.3. The fraction of sp³-hybridized carbons (Fsp3) is 0.250. The van der Waals surface area contributed by atoms with Crippen LogP contribution >= 0.6 is 0 Å². The van der Waals surface area contributed by atoms with E-state index in [0.717, 1.165) is 0 Å². The number of hydrogen-bond donors (Lipinski definition) is 2. The summed E-state index contributed by atoms with van der Waals surface area (Å²) in [5, 5.41) is 24.5. The molecule has 0 heterocycles. The molecule has 0 amide bonds. The molecule has 4 heteroatoms. The van der Waals surface area contributed by atoms with E-state index < -0.39 is 12.2 Å². The van der Waals surface area contributed by atoms with Crippen LogP contribution in [0.1, 0.15) is 46.2 Å². The Kier molecular flexibility index (Phi) is 14.0. The second kappa shape index (κ2) is 19.7. The summed E-state index contributed by atoms with van der Waals surface area (Å²) in [6, 6.07) is 62.8.